The summed E-state index contributed by atoms with van der Waals surface area (Å²) < 4.78 is 0. The fourth-order valence-corrected chi connectivity index (χ4v) is 1.62. The van der Waals surface area contributed by atoms with Crippen LogP contribution in [0.15, 0.2) is 16.8 Å². The Morgan fingerprint density at radius 2 is 2.36 bits per heavy atom. The fourth-order valence-electron chi connectivity index (χ4n) is 1.62. The molecule has 0 fully saturated rings. The molecule has 0 atom stereocenters. The van der Waals surface area contributed by atoms with E-state index in [4.69, 9.17) is 0 Å². The van der Waals surface area contributed by atoms with Crippen LogP contribution in [0.4, 0.5) is 0 Å². The van der Waals surface area contributed by atoms with Crippen LogP contribution in [-0.4, -0.2) is 18.8 Å². The zero-order chi connectivity index (χ0) is 7.52. The van der Waals surface area contributed by atoms with E-state index in [0.717, 1.165) is 13.1 Å². The first-order chi connectivity index (χ1) is 5.47. The third kappa shape index (κ3) is 1.44. The minimum atomic E-state index is 1.01. The molecule has 2 rings (SSSR count). The molecule has 0 unspecified atom stereocenters. The SMILES string of the molecule is C1=C2NCCCN=C2CCC1. The van der Waals surface area contributed by atoms with E-state index in [0.29, 0.717) is 0 Å². The Balaban J connectivity index is 2.21. The number of rotatable bonds is 0. The summed E-state index contributed by atoms with van der Waals surface area (Å²) in [5.41, 5.74) is 2.63. The molecule has 0 aromatic carbocycles. The molecule has 1 heterocycles. The predicted octanol–water partition coefficient (Wildman–Crippen LogP) is 1.49. The molecule has 11 heavy (non-hydrogen) atoms. The summed E-state index contributed by atoms with van der Waals surface area (Å²) in [6.07, 6.45) is 7.15. The van der Waals surface area contributed by atoms with Gasteiger partial charge in [0.05, 0.1) is 11.4 Å². The van der Waals surface area contributed by atoms with E-state index in [9.17, 15) is 0 Å². The maximum absolute atomic E-state index is 4.53. The molecule has 2 aliphatic rings. The largest absolute Gasteiger partial charge is 0.384 e. The van der Waals surface area contributed by atoms with Crippen LogP contribution in [0, 0.1) is 0 Å². The van der Waals surface area contributed by atoms with Gasteiger partial charge in [0, 0.05) is 13.1 Å². The Morgan fingerprint density at radius 3 is 3.36 bits per heavy atom. The molecule has 60 valence electrons. The van der Waals surface area contributed by atoms with Crippen molar-refractivity contribution < 1.29 is 0 Å². The topological polar surface area (TPSA) is 24.4 Å². The van der Waals surface area contributed by atoms with E-state index in [1.165, 1.54) is 37.1 Å². The van der Waals surface area contributed by atoms with E-state index in [1.54, 1.807) is 0 Å². The summed E-state index contributed by atoms with van der Waals surface area (Å²) in [7, 11) is 0. The van der Waals surface area contributed by atoms with Crippen molar-refractivity contribution in [1.82, 2.24) is 5.32 Å². The van der Waals surface area contributed by atoms with Gasteiger partial charge >= 0.3 is 0 Å². The third-order valence-corrected chi connectivity index (χ3v) is 2.23. The highest BCUT2D eigenvalue weighted by Gasteiger charge is 2.12. The van der Waals surface area contributed by atoms with Crippen molar-refractivity contribution >= 4 is 5.71 Å². The number of fused-ring (bicyclic) bond motifs is 1. The first kappa shape index (κ1) is 6.89. The van der Waals surface area contributed by atoms with Gasteiger partial charge in [0.1, 0.15) is 0 Å². The molecule has 0 amide bonds. The van der Waals surface area contributed by atoms with Gasteiger partial charge in [0.25, 0.3) is 0 Å². The van der Waals surface area contributed by atoms with Crippen molar-refractivity contribution in [1.29, 1.82) is 0 Å². The Hall–Kier alpha value is -0.790. The molecular formula is C9H14N2. The van der Waals surface area contributed by atoms with Gasteiger partial charge in [-0.25, -0.2) is 0 Å². The molecule has 0 saturated heterocycles. The van der Waals surface area contributed by atoms with Gasteiger partial charge in [-0.2, -0.15) is 0 Å². The Kier molecular flexibility index (Phi) is 1.93. The van der Waals surface area contributed by atoms with Crippen molar-refractivity contribution in [2.45, 2.75) is 25.7 Å². The zero-order valence-electron chi connectivity index (χ0n) is 6.77. The lowest BCUT2D eigenvalue weighted by molar-refractivity contribution is 0.759. The predicted molar refractivity (Wildman–Crippen MR) is 46.9 cm³/mol. The highest BCUT2D eigenvalue weighted by molar-refractivity contribution is 6.00. The van der Waals surface area contributed by atoms with Gasteiger partial charge in [-0.1, -0.05) is 6.08 Å². The first-order valence-electron chi connectivity index (χ1n) is 4.44. The summed E-state index contributed by atoms with van der Waals surface area (Å²) in [5.74, 6) is 0. The maximum atomic E-state index is 4.53. The zero-order valence-corrected chi connectivity index (χ0v) is 6.77. The molecule has 0 bridgehead atoms. The van der Waals surface area contributed by atoms with Crippen molar-refractivity contribution in [3.8, 4) is 0 Å². The average Bonchev–Trinajstić information content (AvgIpc) is 2.28. The van der Waals surface area contributed by atoms with E-state index in [2.05, 4.69) is 16.4 Å². The van der Waals surface area contributed by atoms with Crippen LogP contribution in [-0.2, 0) is 0 Å². The van der Waals surface area contributed by atoms with Crippen molar-refractivity contribution in [3.63, 3.8) is 0 Å². The van der Waals surface area contributed by atoms with Crippen LogP contribution in [0.1, 0.15) is 25.7 Å². The van der Waals surface area contributed by atoms with Gasteiger partial charge < -0.3 is 5.32 Å². The van der Waals surface area contributed by atoms with Crippen LogP contribution in [0.3, 0.4) is 0 Å². The van der Waals surface area contributed by atoms with Crippen LogP contribution < -0.4 is 5.32 Å². The van der Waals surface area contributed by atoms with E-state index < -0.39 is 0 Å². The van der Waals surface area contributed by atoms with Crippen molar-refractivity contribution in [2.24, 2.45) is 4.99 Å². The molecule has 2 nitrogen and oxygen atoms in total. The second-order valence-corrected chi connectivity index (χ2v) is 3.12. The molecule has 0 aromatic heterocycles. The molecule has 0 saturated carbocycles. The Morgan fingerprint density at radius 1 is 1.36 bits per heavy atom. The maximum Gasteiger partial charge on any atom is 0.0576 e. The number of nitrogens with one attached hydrogen (secondary N) is 1. The lowest BCUT2D eigenvalue weighted by atomic mass is 10.0. The molecule has 0 radical (unpaired) electrons. The molecular weight excluding hydrogens is 136 g/mol. The van der Waals surface area contributed by atoms with Crippen molar-refractivity contribution in [3.05, 3.63) is 11.8 Å². The van der Waals surface area contributed by atoms with Crippen LogP contribution in [0.5, 0.6) is 0 Å². The van der Waals surface area contributed by atoms with E-state index in [-0.39, 0.29) is 0 Å². The minimum Gasteiger partial charge on any atom is -0.384 e. The van der Waals surface area contributed by atoms with Gasteiger partial charge in [-0.05, 0) is 25.7 Å². The molecule has 1 aliphatic carbocycles. The minimum absolute atomic E-state index is 1.01. The number of hydrogen-bond acceptors (Lipinski definition) is 2. The van der Waals surface area contributed by atoms with Crippen molar-refractivity contribution in [2.75, 3.05) is 13.1 Å². The van der Waals surface area contributed by atoms with Crippen LogP contribution in [0.25, 0.3) is 0 Å². The van der Waals surface area contributed by atoms with Gasteiger partial charge in [-0.3, -0.25) is 4.99 Å². The summed E-state index contributed by atoms with van der Waals surface area (Å²) in [6, 6.07) is 0. The third-order valence-electron chi connectivity index (χ3n) is 2.23. The quantitative estimate of drug-likeness (QED) is 0.556. The second-order valence-electron chi connectivity index (χ2n) is 3.12. The molecule has 0 spiro atoms. The molecule has 1 N–H and O–H groups in total. The normalized spacial score (nSPS) is 24.0. The van der Waals surface area contributed by atoms with Gasteiger partial charge in [0.15, 0.2) is 0 Å². The summed E-state index contributed by atoms with van der Waals surface area (Å²) in [6.45, 7) is 2.11. The first-order valence-corrected chi connectivity index (χ1v) is 4.44. The lowest BCUT2D eigenvalue weighted by Crippen LogP contribution is -2.21. The number of hydrogen-bond donors (Lipinski definition) is 1. The number of nitrogens with zero attached hydrogens (tertiary/aromatic N) is 1. The van der Waals surface area contributed by atoms with E-state index in [1.807, 2.05) is 0 Å². The van der Waals surface area contributed by atoms with Crippen LogP contribution >= 0.6 is 0 Å². The summed E-state index contributed by atoms with van der Waals surface area (Å²) in [5, 5.41) is 3.41. The Labute approximate surface area is 67.4 Å². The standard InChI is InChI=1S/C9H14N2/c1-2-5-9-8(4-1)10-6-3-7-11-9/h4,10H,1-3,5-7H2. The Bertz CT molecular complexity index is 204. The second kappa shape index (κ2) is 3.07. The lowest BCUT2D eigenvalue weighted by Gasteiger charge is -2.14. The number of aliphatic imine (C=N–C) groups is 1. The summed E-state index contributed by atoms with van der Waals surface area (Å²) >= 11 is 0. The smallest absolute Gasteiger partial charge is 0.0576 e. The highest BCUT2D eigenvalue weighted by atomic mass is 14.9. The van der Waals surface area contributed by atoms with Crippen LogP contribution in [0.2, 0.25) is 0 Å². The number of allylic oxidation sites excluding steroid dienone is 2. The molecule has 0 aromatic rings. The van der Waals surface area contributed by atoms with E-state index >= 15 is 0 Å². The highest BCUT2D eigenvalue weighted by Crippen LogP contribution is 2.14. The average molecular weight is 150 g/mol. The molecule has 1 aliphatic heterocycles. The van der Waals surface area contributed by atoms with Gasteiger partial charge in [0.2, 0.25) is 0 Å². The monoisotopic (exact) mass is 150 g/mol. The molecule has 2 heteroatoms. The summed E-state index contributed by atoms with van der Waals surface area (Å²) in [4.78, 5) is 4.53. The van der Waals surface area contributed by atoms with Gasteiger partial charge in [-0.15, -0.1) is 0 Å². The fraction of sp³-hybridized carbons (Fsp3) is 0.667.